The minimum atomic E-state index is -0.384. The van der Waals surface area contributed by atoms with E-state index in [1.165, 1.54) is 25.7 Å². The van der Waals surface area contributed by atoms with Gasteiger partial charge in [-0.1, -0.05) is 33.6 Å². The number of nitrogens with one attached hydrogen (secondary N) is 1. The number of rotatable bonds is 7. The molecule has 2 atom stereocenters. The predicted molar refractivity (Wildman–Crippen MR) is 84.9 cm³/mol. The zero-order valence-corrected chi connectivity index (χ0v) is 14.2. The van der Waals surface area contributed by atoms with Crippen LogP contribution in [0.3, 0.4) is 0 Å². The molecule has 1 saturated carbocycles. The van der Waals surface area contributed by atoms with E-state index in [4.69, 9.17) is 4.74 Å². The summed E-state index contributed by atoms with van der Waals surface area (Å²) in [6.45, 7) is 10.6. The van der Waals surface area contributed by atoms with Gasteiger partial charge in [0.15, 0.2) is 0 Å². The Bertz CT molecular complexity index is 353. The Labute approximate surface area is 129 Å². The number of hydrogen-bond acceptors (Lipinski definition) is 3. The van der Waals surface area contributed by atoms with E-state index in [9.17, 15) is 4.79 Å². The molecule has 4 heteroatoms. The lowest BCUT2D eigenvalue weighted by Crippen LogP contribution is -2.45. The van der Waals surface area contributed by atoms with Gasteiger partial charge in [0.05, 0.1) is 18.3 Å². The second kappa shape index (κ2) is 7.10. The lowest BCUT2D eigenvalue weighted by molar-refractivity contribution is -0.134. The van der Waals surface area contributed by atoms with Crippen molar-refractivity contribution >= 4 is 5.91 Å². The first-order chi connectivity index (χ1) is 9.98. The highest BCUT2D eigenvalue weighted by molar-refractivity contribution is 5.88. The Morgan fingerprint density at radius 3 is 2.62 bits per heavy atom. The fourth-order valence-electron chi connectivity index (χ4n) is 3.53. The fourth-order valence-corrected chi connectivity index (χ4v) is 3.53. The monoisotopic (exact) mass is 296 g/mol. The summed E-state index contributed by atoms with van der Waals surface area (Å²) >= 11 is 0. The third-order valence-electron chi connectivity index (χ3n) is 5.02. The number of ether oxygens (including phenoxy) is 1. The number of carbonyl (C=O) groups excluding carboxylic acids is 1. The molecular weight excluding hydrogens is 264 g/mol. The molecule has 1 aliphatic carbocycles. The van der Waals surface area contributed by atoms with Crippen LogP contribution in [-0.4, -0.2) is 42.3 Å². The average molecular weight is 296 g/mol. The molecule has 21 heavy (non-hydrogen) atoms. The third kappa shape index (κ3) is 3.78. The summed E-state index contributed by atoms with van der Waals surface area (Å²) in [5.41, 5.74) is -0.384. The molecule has 0 aromatic carbocycles. The van der Waals surface area contributed by atoms with Crippen molar-refractivity contribution in [3.63, 3.8) is 0 Å². The average Bonchev–Trinajstić information content (AvgIpc) is 3.05. The molecular formula is C17H32N2O2. The second-order valence-corrected chi connectivity index (χ2v) is 7.29. The van der Waals surface area contributed by atoms with Gasteiger partial charge in [-0.3, -0.25) is 10.1 Å². The van der Waals surface area contributed by atoms with Gasteiger partial charge in [-0.15, -0.1) is 0 Å². The lowest BCUT2D eigenvalue weighted by Gasteiger charge is -2.29. The van der Waals surface area contributed by atoms with Crippen molar-refractivity contribution in [2.24, 2.45) is 11.8 Å². The normalized spacial score (nSPS) is 30.8. The molecule has 0 aromatic heterocycles. The van der Waals surface area contributed by atoms with E-state index in [0.717, 1.165) is 19.6 Å². The highest BCUT2D eigenvalue weighted by atomic mass is 16.5. The predicted octanol–water partition coefficient (Wildman–Crippen LogP) is 2.78. The third-order valence-corrected chi connectivity index (χ3v) is 5.02. The van der Waals surface area contributed by atoms with Gasteiger partial charge >= 0.3 is 0 Å². The molecule has 1 heterocycles. The summed E-state index contributed by atoms with van der Waals surface area (Å²) in [4.78, 5) is 14.8. The van der Waals surface area contributed by atoms with Crippen molar-refractivity contribution in [1.82, 2.24) is 10.2 Å². The van der Waals surface area contributed by atoms with Crippen LogP contribution in [-0.2, 0) is 9.53 Å². The van der Waals surface area contributed by atoms with Gasteiger partial charge in [-0.25, -0.2) is 0 Å². The first-order valence-electron chi connectivity index (χ1n) is 8.64. The number of hydrogen-bond donors (Lipinski definition) is 1. The fraction of sp³-hybridized carbons (Fsp3) is 0.941. The molecule has 2 rings (SSSR count). The molecule has 2 aliphatic rings. The molecule has 1 amide bonds. The Morgan fingerprint density at radius 2 is 2.05 bits per heavy atom. The molecule has 0 aromatic rings. The molecule has 4 nitrogen and oxygen atoms in total. The van der Waals surface area contributed by atoms with E-state index in [0.29, 0.717) is 18.4 Å². The Kier molecular flexibility index (Phi) is 5.67. The van der Waals surface area contributed by atoms with Crippen LogP contribution in [0.15, 0.2) is 0 Å². The smallest absolute Gasteiger partial charge is 0.243 e. The van der Waals surface area contributed by atoms with Crippen molar-refractivity contribution < 1.29 is 9.53 Å². The molecule has 2 unspecified atom stereocenters. The van der Waals surface area contributed by atoms with Gasteiger partial charge in [0.25, 0.3) is 0 Å². The summed E-state index contributed by atoms with van der Waals surface area (Å²) < 4.78 is 5.70. The zero-order chi connectivity index (χ0) is 15.5. The summed E-state index contributed by atoms with van der Waals surface area (Å²) in [6, 6.07) is 0. The Morgan fingerprint density at radius 1 is 1.38 bits per heavy atom. The van der Waals surface area contributed by atoms with E-state index >= 15 is 0 Å². The SMILES string of the molecule is CCC1(C)NC(C2CCCC2)N(CCOCC(C)C)C1=O. The Balaban J connectivity index is 1.97. The molecule has 1 aliphatic heterocycles. The molecule has 1 N–H and O–H groups in total. The first kappa shape index (κ1) is 16.8. The summed E-state index contributed by atoms with van der Waals surface area (Å²) in [5, 5.41) is 3.63. The standard InChI is InChI=1S/C17H32N2O2/c1-5-17(4)16(20)19(10-11-21-12-13(2)3)15(18-17)14-8-6-7-9-14/h13-15,18H,5-12H2,1-4H3. The number of amides is 1. The van der Waals surface area contributed by atoms with Crippen molar-refractivity contribution in [2.75, 3.05) is 19.8 Å². The van der Waals surface area contributed by atoms with Gasteiger partial charge in [-0.2, -0.15) is 0 Å². The quantitative estimate of drug-likeness (QED) is 0.735. The van der Waals surface area contributed by atoms with Crippen molar-refractivity contribution in [1.29, 1.82) is 0 Å². The molecule has 0 bridgehead atoms. The number of nitrogens with zero attached hydrogens (tertiary/aromatic N) is 1. The van der Waals surface area contributed by atoms with E-state index in [-0.39, 0.29) is 17.6 Å². The largest absolute Gasteiger partial charge is 0.379 e. The maximum absolute atomic E-state index is 12.8. The maximum Gasteiger partial charge on any atom is 0.243 e. The maximum atomic E-state index is 12.8. The van der Waals surface area contributed by atoms with Gasteiger partial charge in [0.1, 0.15) is 0 Å². The highest BCUT2D eigenvalue weighted by Gasteiger charge is 2.49. The Hall–Kier alpha value is -0.610. The molecule has 0 radical (unpaired) electrons. The van der Waals surface area contributed by atoms with E-state index in [2.05, 4.69) is 31.0 Å². The van der Waals surface area contributed by atoms with Crippen LogP contribution in [0.2, 0.25) is 0 Å². The van der Waals surface area contributed by atoms with Crippen molar-refractivity contribution in [3.05, 3.63) is 0 Å². The van der Waals surface area contributed by atoms with E-state index in [1.54, 1.807) is 0 Å². The summed E-state index contributed by atoms with van der Waals surface area (Å²) in [6.07, 6.45) is 6.16. The van der Waals surface area contributed by atoms with Gasteiger partial charge in [0.2, 0.25) is 5.91 Å². The molecule has 122 valence electrons. The molecule has 2 fully saturated rings. The van der Waals surface area contributed by atoms with E-state index in [1.807, 2.05) is 6.92 Å². The number of carbonyl (C=O) groups is 1. The summed E-state index contributed by atoms with van der Waals surface area (Å²) in [7, 11) is 0. The van der Waals surface area contributed by atoms with Gasteiger partial charge in [0, 0.05) is 13.2 Å². The van der Waals surface area contributed by atoms with Crippen LogP contribution in [0, 0.1) is 11.8 Å². The minimum absolute atomic E-state index is 0.215. The first-order valence-corrected chi connectivity index (χ1v) is 8.64. The highest BCUT2D eigenvalue weighted by Crippen LogP contribution is 2.35. The molecule has 1 saturated heterocycles. The van der Waals surface area contributed by atoms with Crippen LogP contribution in [0.4, 0.5) is 0 Å². The second-order valence-electron chi connectivity index (χ2n) is 7.29. The zero-order valence-electron chi connectivity index (χ0n) is 14.2. The van der Waals surface area contributed by atoms with Gasteiger partial charge < -0.3 is 9.64 Å². The van der Waals surface area contributed by atoms with Crippen LogP contribution in [0.1, 0.15) is 59.8 Å². The summed E-state index contributed by atoms with van der Waals surface area (Å²) in [5.74, 6) is 1.42. The minimum Gasteiger partial charge on any atom is -0.379 e. The van der Waals surface area contributed by atoms with Crippen molar-refractivity contribution in [3.8, 4) is 0 Å². The van der Waals surface area contributed by atoms with Crippen LogP contribution in [0.5, 0.6) is 0 Å². The topological polar surface area (TPSA) is 41.6 Å². The lowest BCUT2D eigenvalue weighted by atomic mass is 9.99. The van der Waals surface area contributed by atoms with Crippen LogP contribution >= 0.6 is 0 Å². The van der Waals surface area contributed by atoms with Crippen LogP contribution < -0.4 is 5.32 Å². The van der Waals surface area contributed by atoms with E-state index < -0.39 is 0 Å². The van der Waals surface area contributed by atoms with Crippen molar-refractivity contribution in [2.45, 2.75) is 71.5 Å². The van der Waals surface area contributed by atoms with Crippen LogP contribution in [0.25, 0.3) is 0 Å². The molecule has 0 spiro atoms. The van der Waals surface area contributed by atoms with Gasteiger partial charge in [-0.05, 0) is 38.0 Å².